The van der Waals surface area contributed by atoms with Gasteiger partial charge < -0.3 is 15.1 Å². The van der Waals surface area contributed by atoms with Crippen molar-refractivity contribution in [1.82, 2.24) is 5.32 Å². The van der Waals surface area contributed by atoms with Crippen LogP contribution in [-0.2, 0) is 11.2 Å². The van der Waals surface area contributed by atoms with Gasteiger partial charge in [-0.25, -0.2) is 0 Å². The molecule has 2 amide bonds. The van der Waals surface area contributed by atoms with Crippen LogP contribution in [0.4, 0.5) is 18.9 Å². The van der Waals surface area contributed by atoms with Crippen molar-refractivity contribution in [2.24, 2.45) is 0 Å². The molecule has 1 heterocycles. The van der Waals surface area contributed by atoms with Crippen molar-refractivity contribution >= 4 is 17.5 Å². The van der Waals surface area contributed by atoms with Gasteiger partial charge in [0.05, 0.1) is 6.26 Å². The number of hydrogen-bond acceptors (Lipinski definition) is 3. The summed E-state index contributed by atoms with van der Waals surface area (Å²) in [5, 5.41) is 4.36. The van der Waals surface area contributed by atoms with Crippen LogP contribution in [0, 0.1) is 0 Å². The molecule has 2 rings (SSSR count). The number of hydrogen-bond donors (Lipinski definition) is 2. The van der Waals surface area contributed by atoms with Crippen molar-refractivity contribution in [1.29, 1.82) is 0 Å². The summed E-state index contributed by atoms with van der Waals surface area (Å²) in [6, 6.07) is 9.17. The van der Waals surface area contributed by atoms with E-state index < -0.39 is 18.6 Å². The average Bonchev–Trinajstić information content (AvgIpc) is 3.03. The van der Waals surface area contributed by atoms with E-state index in [1.54, 1.807) is 23.5 Å². The first-order valence-corrected chi connectivity index (χ1v) is 7.11. The van der Waals surface area contributed by atoms with Gasteiger partial charge in [0.15, 0.2) is 0 Å². The van der Waals surface area contributed by atoms with E-state index in [1.165, 1.54) is 24.5 Å². The third-order valence-corrected chi connectivity index (χ3v) is 3.04. The van der Waals surface area contributed by atoms with Crippen LogP contribution in [0.1, 0.15) is 22.5 Å². The van der Waals surface area contributed by atoms with Crippen molar-refractivity contribution in [3.05, 3.63) is 54.0 Å². The van der Waals surface area contributed by atoms with Gasteiger partial charge in [0.25, 0.3) is 5.91 Å². The van der Waals surface area contributed by atoms with Gasteiger partial charge in [-0.05, 0) is 30.3 Å². The minimum atomic E-state index is -4.48. The molecule has 24 heavy (non-hydrogen) atoms. The maximum atomic E-state index is 12.1. The number of alkyl halides is 3. The number of rotatable bonds is 6. The maximum Gasteiger partial charge on any atom is 0.405 e. The van der Waals surface area contributed by atoms with Gasteiger partial charge in [0, 0.05) is 24.1 Å². The van der Waals surface area contributed by atoms with E-state index in [2.05, 4.69) is 5.32 Å². The maximum absolute atomic E-state index is 12.1. The highest BCUT2D eigenvalue weighted by atomic mass is 19.4. The van der Waals surface area contributed by atoms with Crippen LogP contribution in [0.15, 0.2) is 47.1 Å². The van der Waals surface area contributed by atoms with Gasteiger partial charge in [-0.15, -0.1) is 0 Å². The molecule has 1 aromatic carbocycles. The van der Waals surface area contributed by atoms with Gasteiger partial charge in [-0.2, -0.15) is 13.2 Å². The molecule has 0 aliphatic rings. The molecule has 8 heteroatoms. The summed E-state index contributed by atoms with van der Waals surface area (Å²) >= 11 is 0. The molecule has 0 radical (unpaired) electrons. The number of aryl methyl sites for hydroxylation is 1. The number of nitrogens with one attached hydrogen (secondary N) is 2. The Balaban J connectivity index is 1.89. The molecular formula is C16H15F3N2O3. The molecule has 2 aromatic rings. The highest BCUT2D eigenvalue weighted by Gasteiger charge is 2.27. The summed E-state index contributed by atoms with van der Waals surface area (Å²) in [6.07, 6.45) is -2.37. The van der Waals surface area contributed by atoms with E-state index in [0.29, 0.717) is 17.9 Å². The standard InChI is InChI=1S/C16H15F3N2O3/c17-16(18,19)10-20-15(23)11-3-1-4-12(9-11)21-14(22)7-6-13-5-2-8-24-13/h1-5,8-9H,6-7,10H2,(H,20,23)(H,21,22). The summed E-state index contributed by atoms with van der Waals surface area (Å²) in [6.45, 7) is -1.41. The van der Waals surface area contributed by atoms with Gasteiger partial charge in [0.1, 0.15) is 12.3 Å². The summed E-state index contributed by atoms with van der Waals surface area (Å²) < 4.78 is 41.4. The Morgan fingerprint density at radius 3 is 2.58 bits per heavy atom. The van der Waals surface area contributed by atoms with Crippen molar-refractivity contribution < 1.29 is 27.2 Å². The summed E-state index contributed by atoms with van der Waals surface area (Å²) in [7, 11) is 0. The van der Waals surface area contributed by atoms with E-state index in [-0.39, 0.29) is 17.9 Å². The Morgan fingerprint density at radius 1 is 1.12 bits per heavy atom. The second-order valence-corrected chi connectivity index (χ2v) is 5.01. The van der Waals surface area contributed by atoms with Crippen molar-refractivity contribution in [3.63, 3.8) is 0 Å². The summed E-state index contributed by atoms with van der Waals surface area (Å²) in [5.74, 6) is -0.483. The summed E-state index contributed by atoms with van der Waals surface area (Å²) in [4.78, 5) is 23.5. The van der Waals surface area contributed by atoms with Crippen LogP contribution in [0.3, 0.4) is 0 Å². The van der Waals surface area contributed by atoms with E-state index in [9.17, 15) is 22.8 Å². The smallest absolute Gasteiger partial charge is 0.405 e. The third-order valence-electron chi connectivity index (χ3n) is 3.04. The number of carbonyl (C=O) groups excluding carboxylic acids is 2. The lowest BCUT2D eigenvalue weighted by Gasteiger charge is -2.10. The Kier molecular flexibility index (Phi) is 5.62. The lowest BCUT2D eigenvalue weighted by atomic mass is 10.1. The average molecular weight is 340 g/mol. The molecule has 0 atom stereocenters. The van der Waals surface area contributed by atoms with Crippen LogP contribution >= 0.6 is 0 Å². The fourth-order valence-electron chi connectivity index (χ4n) is 1.94. The Labute approximate surface area is 135 Å². The zero-order valence-corrected chi connectivity index (χ0v) is 12.5. The molecule has 0 aliphatic heterocycles. The summed E-state index contributed by atoms with van der Waals surface area (Å²) in [5.41, 5.74) is 0.363. The van der Waals surface area contributed by atoms with Gasteiger partial charge in [-0.1, -0.05) is 6.07 Å². The lowest BCUT2D eigenvalue weighted by Crippen LogP contribution is -2.33. The molecular weight excluding hydrogens is 325 g/mol. The second kappa shape index (κ2) is 7.67. The van der Waals surface area contributed by atoms with E-state index in [1.807, 2.05) is 0 Å². The van der Waals surface area contributed by atoms with Crippen LogP contribution in [0.25, 0.3) is 0 Å². The van der Waals surface area contributed by atoms with Crippen molar-refractivity contribution in [3.8, 4) is 0 Å². The fraction of sp³-hybridized carbons (Fsp3) is 0.250. The normalized spacial score (nSPS) is 11.1. The predicted molar refractivity (Wildman–Crippen MR) is 80.5 cm³/mol. The SMILES string of the molecule is O=C(CCc1ccco1)Nc1cccc(C(=O)NCC(F)(F)F)c1. The molecule has 0 bridgehead atoms. The Hall–Kier alpha value is -2.77. The minimum absolute atomic E-state index is 0.0306. The number of carbonyl (C=O) groups is 2. The lowest BCUT2D eigenvalue weighted by molar-refractivity contribution is -0.123. The molecule has 0 saturated carbocycles. The first-order chi connectivity index (χ1) is 11.3. The van der Waals surface area contributed by atoms with Crippen LogP contribution in [-0.4, -0.2) is 24.5 Å². The minimum Gasteiger partial charge on any atom is -0.469 e. The molecule has 128 valence electrons. The van der Waals surface area contributed by atoms with E-state index >= 15 is 0 Å². The zero-order chi connectivity index (χ0) is 17.6. The highest BCUT2D eigenvalue weighted by Crippen LogP contribution is 2.15. The largest absolute Gasteiger partial charge is 0.469 e. The number of amides is 2. The first-order valence-electron chi connectivity index (χ1n) is 7.11. The number of benzene rings is 1. The molecule has 0 saturated heterocycles. The molecule has 1 aromatic heterocycles. The number of halogens is 3. The highest BCUT2D eigenvalue weighted by molar-refractivity contribution is 5.97. The number of furan rings is 1. The second-order valence-electron chi connectivity index (χ2n) is 5.01. The first kappa shape index (κ1) is 17.6. The Morgan fingerprint density at radius 2 is 1.92 bits per heavy atom. The quantitative estimate of drug-likeness (QED) is 0.849. The topological polar surface area (TPSA) is 71.3 Å². The van der Waals surface area contributed by atoms with Crippen LogP contribution < -0.4 is 10.6 Å². The van der Waals surface area contributed by atoms with E-state index in [4.69, 9.17) is 4.42 Å². The monoisotopic (exact) mass is 340 g/mol. The van der Waals surface area contributed by atoms with Crippen LogP contribution in [0.2, 0.25) is 0 Å². The number of anilines is 1. The van der Waals surface area contributed by atoms with Crippen molar-refractivity contribution in [2.45, 2.75) is 19.0 Å². The van der Waals surface area contributed by atoms with Gasteiger partial charge in [0.2, 0.25) is 5.91 Å². The van der Waals surface area contributed by atoms with Gasteiger partial charge >= 0.3 is 6.18 Å². The molecule has 0 spiro atoms. The van der Waals surface area contributed by atoms with Crippen LogP contribution in [0.5, 0.6) is 0 Å². The zero-order valence-electron chi connectivity index (χ0n) is 12.5. The Bertz CT molecular complexity index is 697. The van der Waals surface area contributed by atoms with E-state index in [0.717, 1.165) is 0 Å². The molecule has 2 N–H and O–H groups in total. The fourth-order valence-corrected chi connectivity index (χ4v) is 1.94. The third kappa shape index (κ3) is 5.79. The van der Waals surface area contributed by atoms with Crippen molar-refractivity contribution in [2.75, 3.05) is 11.9 Å². The molecule has 0 fully saturated rings. The molecule has 0 aliphatic carbocycles. The molecule has 0 unspecified atom stereocenters. The van der Waals surface area contributed by atoms with Gasteiger partial charge in [-0.3, -0.25) is 9.59 Å². The predicted octanol–water partition coefficient (Wildman–Crippen LogP) is 3.14. The molecule has 5 nitrogen and oxygen atoms in total.